The standard InChI is InChI=1S/C15H13FN2O3S/c16-13-5-3-11(4-6-13)9-18-14(19)10-22(20,21)15(18)12-2-1-7-17-8-12/h1-8,15H,9-10H2/t15-/m1/s1. The number of hydrogen-bond donors (Lipinski definition) is 0. The van der Waals surface area contributed by atoms with Gasteiger partial charge in [-0.05, 0) is 23.8 Å². The molecule has 7 heteroatoms. The van der Waals surface area contributed by atoms with Crippen LogP contribution in [0.4, 0.5) is 4.39 Å². The van der Waals surface area contributed by atoms with Gasteiger partial charge in [0.1, 0.15) is 11.6 Å². The van der Waals surface area contributed by atoms with E-state index < -0.39 is 26.9 Å². The third-order valence-electron chi connectivity index (χ3n) is 3.50. The summed E-state index contributed by atoms with van der Waals surface area (Å²) in [4.78, 5) is 17.3. The number of amides is 1. The second-order valence-corrected chi connectivity index (χ2v) is 7.15. The number of pyridine rings is 1. The lowest BCUT2D eigenvalue weighted by molar-refractivity contribution is -0.128. The summed E-state index contributed by atoms with van der Waals surface area (Å²) in [7, 11) is -3.60. The first-order valence-corrected chi connectivity index (χ1v) is 8.34. The molecule has 0 aliphatic carbocycles. The molecule has 1 aliphatic heterocycles. The van der Waals surface area contributed by atoms with Crippen molar-refractivity contribution in [3.05, 3.63) is 65.7 Å². The van der Waals surface area contributed by atoms with Gasteiger partial charge >= 0.3 is 0 Å². The quantitative estimate of drug-likeness (QED) is 0.863. The number of sulfone groups is 1. The van der Waals surface area contributed by atoms with Gasteiger partial charge in [-0.2, -0.15) is 0 Å². The van der Waals surface area contributed by atoms with Crippen LogP contribution in [0, 0.1) is 5.82 Å². The molecule has 2 aromatic rings. The van der Waals surface area contributed by atoms with Crippen molar-refractivity contribution in [2.45, 2.75) is 11.9 Å². The molecule has 1 aromatic carbocycles. The van der Waals surface area contributed by atoms with E-state index in [1.165, 1.54) is 41.6 Å². The van der Waals surface area contributed by atoms with Crippen LogP contribution in [0.1, 0.15) is 16.5 Å². The molecule has 0 spiro atoms. The third kappa shape index (κ3) is 2.71. The number of rotatable bonds is 3. The van der Waals surface area contributed by atoms with E-state index in [4.69, 9.17) is 0 Å². The van der Waals surface area contributed by atoms with E-state index in [2.05, 4.69) is 4.98 Å². The molecule has 0 N–H and O–H groups in total. The number of benzene rings is 1. The molecule has 2 heterocycles. The van der Waals surface area contributed by atoms with Gasteiger partial charge in [0.05, 0.1) is 0 Å². The summed E-state index contributed by atoms with van der Waals surface area (Å²) in [5.74, 6) is -1.36. The zero-order valence-corrected chi connectivity index (χ0v) is 12.3. The van der Waals surface area contributed by atoms with Crippen LogP contribution < -0.4 is 0 Å². The highest BCUT2D eigenvalue weighted by Gasteiger charge is 2.44. The molecule has 0 radical (unpaired) electrons. The van der Waals surface area contributed by atoms with Gasteiger partial charge in [-0.15, -0.1) is 0 Å². The van der Waals surface area contributed by atoms with Crippen molar-refractivity contribution in [2.24, 2.45) is 0 Å². The fourth-order valence-corrected chi connectivity index (χ4v) is 4.33. The minimum absolute atomic E-state index is 0.109. The number of carbonyl (C=O) groups excluding carboxylic acids is 1. The molecule has 1 fully saturated rings. The predicted molar refractivity (Wildman–Crippen MR) is 77.7 cm³/mol. The first-order valence-electron chi connectivity index (χ1n) is 6.63. The van der Waals surface area contributed by atoms with Gasteiger partial charge in [0.2, 0.25) is 5.91 Å². The van der Waals surface area contributed by atoms with Crippen LogP contribution in [-0.2, 0) is 21.2 Å². The Kier molecular flexibility index (Phi) is 3.66. The maximum absolute atomic E-state index is 13.0. The van der Waals surface area contributed by atoms with Crippen molar-refractivity contribution in [3.63, 3.8) is 0 Å². The molecule has 1 atom stereocenters. The van der Waals surface area contributed by atoms with Crippen LogP contribution in [0.25, 0.3) is 0 Å². The Labute approximate surface area is 127 Å². The Balaban J connectivity index is 1.97. The number of nitrogens with zero attached hydrogens (tertiary/aromatic N) is 2. The fourth-order valence-electron chi connectivity index (χ4n) is 2.53. The van der Waals surface area contributed by atoms with Crippen molar-refractivity contribution < 1.29 is 17.6 Å². The Hall–Kier alpha value is -2.28. The van der Waals surface area contributed by atoms with E-state index in [0.29, 0.717) is 11.1 Å². The lowest BCUT2D eigenvalue weighted by Crippen LogP contribution is -2.28. The van der Waals surface area contributed by atoms with Crippen molar-refractivity contribution in [1.82, 2.24) is 9.88 Å². The minimum atomic E-state index is -3.60. The van der Waals surface area contributed by atoms with Crippen LogP contribution >= 0.6 is 0 Å². The molecule has 114 valence electrons. The molecule has 1 amide bonds. The Morgan fingerprint density at radius 2 is 1.95 bits per heavy atom. The molecule has 5 nitrogen and oxygen atoms in total. The van der Waals surface area contributed by atoms with Gasteiger partial charge in [-0.3, -0.25) is 9.78 Å². The Morgan fingerprint density at radius 3 is 2.59 bits per heavy atom. The molecule has 0 unspecified atom stereocenters. The Morgan fingerprint density at radius 1 is 1.23 bits per heavy atom. The monoisotopic (exact) mass is 320 g/mol. The number of hydrogen-bond acceptors (Lipinski definition) is 4. The molecular weight excluding hydrogens is 307 g/mol. The summed E-state index contributed by atoms with van der Waals surface area (Å²) in [5, 5.41) is -1.04. The van der Waals surface area contributed by atoms with Gasteiger partial charge in [-0.25, -0.2) is 12.8 Å². The smallest absolute Gasteiger partial charge is 0.239 e. The lowest BCUT2D eigenvalue weighted by atomic mass is 10.2. The number of halogens is 1. The van der Waals surface area contributed by atoms with Gasteiger partial charge in [0.15, 0.2) is 15.2 Å². The van der Waals surface area contributed by atoms with E-state index in [1.54, 1.807) is 12.1 Å². The highest BCUT2D eigenvalue weighted by molar-refractivity contribution is 7.92. The van der Waals surface area contributed by atoms with E-state index in [9.17, 15) is 17.6 Å². The molecule has 0 bridgehead atoms. The molecule has 3 rings (SSSR count). The van der Waals surface area contributed by atoms with E-state index >= 15 is 0 Å². The van der Waals surface area contributed by atoms with Crippen molar-refractivity contribution in [2.75, 3.05) is 5.75 Å². The van der Waals surface area contributed by atoms with Crippen molar-refractivity contribution >= 4 is 15.7 Å². The van der Waals surface area contributed by atoms with Gasteiger partial charge in [0.25, 0.3) is 0 Å². The average molecular weight is 320 g/mol. The topological polar surface area (TPSA) is 67.3 Å². The summed E-state index contributed by atoms with van der Waals surface area (Å²) in [6, 6.07) is 8.89. The maximum atomic E-state index is 13.0. The van der Waals surface area contributed by atoms with E-state index in [0.717, 1.165) is 0 Å². The summed E-state index contributed by atoms with van der Waals surface area (Å²) < 4.78 is 37.5. The number of carbonyl (C=O) groups is 1. The lowest BCUT2D eigenvalue weighted by Gasteiger charge is -2.23. The number of aromatic nitrogens is 1. The third-order valence-corrected chi connectivity index (χ3v) is 5.36. The van der Waals surface area contributed by atoms with Crippen LogP contribution in [-0.4, -0.2) is 30.0 Å². The van der Waals surface area contributed by atoms with E-state index in [1.807, 2.05) is 0 Å². The Bertz CT molecular complexity index is 791. The summed E-state index contributed by atoms with van der Waals surface area (Å²) in [5.41, 5.74) is 1.12. The molecule has 1 aliphatic rings. The molecule has 22 heavy (non-hydrogen) atoms. The first-order chi connectivity index (χ1) is 10.5. The van der Waals surface area contributed by atoms with Gasteiger partial charge < -0.3 is 4.90 Å². The van der Waals surface area contributed by atoms with Gasteiger partial charge in [-0.1, -0.05) is 18.2 Å². The van der Waals surface area contributed by atoms with Crippen LogP contribution in [0.15, 0.2) is 48.8 Å². The van der Waals surface area contributed by atoms with Crippen molar-refractivity contribution in [3.8, 4) is 0 Å². The van der Waals surface area contributed by atoms with Crippen molar-refractivity contribution in [1.29, 1.82) is 0 Å². The maximum Gasteiger partial charge on any atom is 0.239 e. The first kappa shape index (κ1) is 14.6. The highest BCUT2D eigenvalue weighted by Crippen LogP contribution is 2.34. The largest absolute Gasteiger partial charge is 0.317 e. The summed E-state index contributed by atoms with van der Waals surface area (Å²) in [6.07, 6.45) is 2.98. The molecule has 0 saturated carbocycles. The molecule has 1 saturated heterocycles. The van der Waals surface area contributed by atoms with Crippen LogP contribution in [0.3, 0.4) is 0 Å². The normalized spacial score (nSPS) is 20.3. The summed E-state index contributed by atoms with van der Waals surface area (Å²) in [6.45, 7) is 0.109. The highest BCUT2D eigenvalue weighted by atomic mass is 32.2. The molecular formula is C15H13FN2O3S. The zero-order valence-electron chi connectivity index (χ0n) is 11.5. The molecule has 1 aromatic heterocycles. The minimum Gasteiger partial charge on any atom is -0.317 e. The van der Waals surface area contributed by atoms with E-state index in [-0.39, 0.29) is 12.4 Å². The predicted octanol–water partition coefficient (Wildman–Crippen LogP) is 1.68. The zero-order chi connectivity index (χ0) is 15.7. The van der Waals surface area contributed by atoms with Gasteiger partial charge in [0, 0.05) is 24.5 Å². The second kappa shape index (κ2) is 5.49. The van der Waals surface area contributed by atoms with Crippen LogP contribution in [0.2, 0.25) is 0 Å². The fraction of sp³-hybridized carbons (Fsp3) is 0.200. The average Bonchev–Trinajstić information content (AvgIpc) is 2.71. The summed E-state index contributed by atoms with van der Waals surface area (Å²) >= 11 is 0. The SMILES string of the molecule is O=C1CS(=O)(=O)[C@H](c2cccnc2)N1Cc1ccc(F)cc1. The second-order valence-electron chi connectivity index (χ2n) is 5.09. The van der Waals surface area contributed by atoms with Crippen LogP contribution in [0.5, 0.6) is 0 Å².